The molecule has 1 amide bonds. The van der Waals surface area contributed by atoms with Crippen molar-refractivity contribution in [2.24, 2.45) is 5.41 Å². The third-order valence-corrected chi connectivity index (χ3v) is 2.46. The Morgan fingerprint density at radius 2 is 2.00 bits per heavy atom. The van der Waals surface area contributed by atoms with E-state index in [2.05, 4.69) is 0 Å². The van der Waals surface area contributed by atoms with Crippen LogP contribution in [0.5, 0.6) is 0 Å². The molecule has 76 valence electrons. The lowest BCUT2D eigenvalue weighted by Gasteiger charge is -2.28. The van der Waals surface area contributed by atoms with Crippen molar-refractivity contribution in [1.29, 1.82) is 0 Å². The van der Waals surface area contributed by atoms with E-state index in [9.17, 15) is 9.90 Å². The predicted octanol–water partition coefficient (Wildman–Crippen LogP) is 1.01. The van der Waals surface area contributed by atoms with E-state index in [0.29, 0.717) is 13.0 Å². The van der Waals surface area contributed by atoms with Crippen molar-refractivity contribution in [2.45, 2.75) is 46.3 Å². The molecule has 0 aromatic rings. The molecule has 2 unspecified atom stereocenters. The molecule has 0 saturated carbocycles. The molecule has 3 nitrogen and oxygen atoms in total. The number of nitrogens with zero attached hydrogens (tertiary/aromatic N) is 1. The van der Waals surface area contributed by atoms with Gasteiger partial charge in [0.05, 0.1) is 6.10 Å². The first-order valence-corrected chi connectivity index (χ1v) is 4.81. The summed E-state index contributed by atoms with van der Waals surface area (Å²) in [7, 11) is 0. The average molecular weight is 185 g/mol. The molecule has 3 heteroatoms. The first-order chi connectivity index (χ1) is 5.82. The molecule has 2 atom stereocenters. The van der Waals surface area contributed by atoms with Gasteiger partial charge in [0.25, 0.3) is 0 Å². The maximum atomic E-state index is 11.8. The van der Waals surface area contributed by atoms with Gasteiger partial charge in [-0.25, -0.2) is 0 Å². The lowest BCUT2D eigenvalue weighted by Crippen LogP contribution is -2.41. The Bertz CT molecular complexity index is 207. The van der Waals surface area contributed by atoms with Crippen molar-refractivity contribution in [2.75, 3.05) is 6.54 Å². The highest BCUT2D eigenvalue weighted by Gasteiger charge is 2.36. The topological polar surface area (TPSA) is 40.5 Å². The van der Waals surface area contributed by atoms with Gasteiger partial charge in [-0.3, -0.25) is 4.79 Å². The Labute approximate surface area is 79.7 Å². The third kappa shape index (κ3) is 2.21. The number of β-amino-alcohol motifs (C(OH)–C–C–N with tert-alkyl or cyclic N) is 1. The second-order valence-electron chi connectivity index (χ2n) is 4.95. The maximum absolute atomic E-state index is 11.8. The van der Waals surface area contributed by atoms with Gasteiger partial charge in [0.1, 0.15) is 0 Å². The molecule has 1 aliphatic rings. The van der Waals surface area contributed by atoms with Gasteiger partial charge in [-0.05, 0) is 13.3 Å². The number of aliphatic hydroxyl groups is 1. The van der Waals surface area contributed by atoms with E-state index < -0.39 is 0 Å². The van der Waals surface area contributed by atoms with Crippen LogP contribution in [0, 0.1) is 5.41 Å². The zero-order chi connectivity index (χ0) is 10.2. The van der Waals surface area contributed by atoms with Crippen LogP contribution < -0.4 is 0 Å². The van der Waals surface area contributed by atoms with E-state index in [-0.39, 0.29) is 23.5 Å². The molecule has 0 aromatic heterocycles. The molecule has 0 bridgehead atoms. The highest BCUT2D eigenvalue weighted by Crippen LogP contribution is 2.25. The first kappa shape index (κ1) is 10.5. The summed E-state index contributed by atoms with van der Waals surface area (Å²) in [5.74, 6) is 0.136. The van der Waals surface area contributed by atoms with Crippen molar-refractivity contribution in [3.05, 3.63) is 0 Å². The fraction of sp³-hybridized carbons (Fsp3) is 0.900. The number of carbonyl (C=O) groups excluding carboxylic acids is 1. The van der Waals surface area contributed by atoms with E-state index >= 15 is 0 Å². The average Bonchev–Trinajstić information content (AvgIpc) is 2.26. The van der Waals surface area contributed by atoms with Crippen molar-refractivity contribution >= 4 is 5.91 Å². The van der Waals surface area contributed by atoms with Gasteiger partial charge in [-0.1, -0.05) is 20.8 Å². The summed E-state index contributed by atoms with van der Waals surface area (Å²) in [6.07, 6.45) is 0.378. The maximum Gasteiger partial charge on any atom is 0.228 e. The van der Waals surface area contributed by atoms with Crippen LogP contribution in [0.25, 0.3) is 0 Å². The molecule has 1 rings (SSSR count). The molecule has 0 spiro atoms. The predicted molar refractivity (Wildman–Crippen MR) is 51.3 cm³/mol. The van der Waals surface area contributed by atoms with Gasteiger partial charge < -0.3 is 10.0 Å². The van der Waals surface area contributed by atoms with Crippen LogP contribution in [0.2, 0.25) is 0 Å². The molecule has 0 radical (unpaired) electrons. The Morgan fingerprint density at radius 3 is 2.31 bits per heavy atom. The monoisotopic (exact) mass is 185 g/mol. The van der Waals surface area contributed by atoms with Crippen molar-refractivity contribution in [1.82, 2.24) is 4.90 Å². The molecule has 1 N–H and O–H groups in total. The van der Waals surface area contributed by atoms with Crippen LogP contribution in [0.15, 0.2) is 0 Å². The molecule has 1 saturated heterocycles. The molecule has 1 heterocycles. The summed E-state index contributed by atoms with van der Waals surface area (Å²) in [5.41, 5.74) is -0.335. The minimum Gasteiger partial charge on any atom is -0.391 e. The smallest absolute Gasteiger partial charge is 0.228 e. The van der Waals surface area contributed by atoms with Crippen molar-refractivity contribution in [3.8, 4) is 0 Å². The van der Waals surface area contributed by atoms with Crippen LogP contribution >= 0.6 is 0 Å². The fourth-order valence-corrected chi connectivity index (χ4v) is 1.72. The van der Waals surface area contributed by atoms with E-state index in [0.717, 1.165) is 0 Å². The largest absolute Gasteiger partial charge is 0.391 e. The van der Waals surface area contributed by atoms with Crippen LogP contribution in [-0.4, -0.2) is 34.6 Å². The van der Waals surface area contributed by atoms with E-state index in [1.807, 2.05) is 27.7 Å². The number of amides is 1. The standard InChI is InChI=1S/C10H19NO2/c1-7-5-8(12)6-11(7)9(13)10(2,3)4/h7-8,12H,5-6H2,1-4H3. The number of hydrogen-bond donors (Lipinski definition) is 1. The van der Waals surface area contributed by atoms with Gasteiger partial charge in [0.15, 0.2) is 0 Å². The molecular weight excluding hydrogens is 166 g/mol. The SMILES string of the molecule is CC1CC(O)CN1C(=O)C(C)(C)C. The first-order valence-electron chi connectivity index (χ1n) is 4.81. The number of carbonyl (C=O) groups is 1. The second kappa shape index (κ2) is 3.29. The van der Waals surface area contributed by atoms with E-state index in [1.165, 1.54) is 0 Å². The fourth-order valence-electron chi connectivity index (χ4n) is 1.72. The summed E-state index contributed by atoms with van der Waals surface area (Å²) < 4.78 is 0. The summed E-state index contributed by atoms with van der Waals surface area (Å²) in [6, 6.07) is 0.182. The van der Waals surface area contributed by atoms with Gasteiger partial charge in [0.2, 0.25) is 5.91 Å². The third-order valence-electron chi connectivity index (χ3n) is 2.46. The molecular formula is C10H19NO2. The van der Waals surface area contributed by atoms with Gasteiger partial charge in [0, 0.05) is 18.0 Å². The van der Waals surface area contributed by atoms with Crippen LogP contribution in [-0.2, 0) is 4.79 Å². The van der Waals surface area contributed by atoms with Crippen molar-refractivity contribution < 1.29 is 9.90 Å². The van der Waals surface area contributed by atoms with Gasteiger partial charge >= 0.3 is 0 Å². The van der Waals surface area contributed by atoms with Crippen LogP contribution in [0.1, 0.15) is 34.1 Å². The van der Waals surface area contributed by atoms with Gasteiger partial charge in [-0.2, -0.15) is 0 Å². The summed E-state index contributed by atoms with van der Waals surface area (Å²) in [4.78, 5) is 13.6. The van der Waals surface area contributed by atoms with Crippen LogP contribution in [0.3, 0.4) is 0 Å². The van der Waals surface area contributed by atoms with Crippen molar-refractivity contribution in [3.63, 3.8) is 0 Å². The molecule has 13 heavy (non-hydrogen) atoms. The molecule has 1 fully saturated rings. The zero-order valence-corrected chi connectivity index (χ0v) is 8.87. The lowest BCUT2D eigenvalue weighted by molar-refractivity contribution is -0.140. The highest BCUT2D eigenvalue weighted by atomic mass is 16.3. The van der Waals surface area contributed by atoms with E-state index in [4.69, 9.17) is 0 Å². The summed E-state index contributed by atoms with van der Waals surface area (Å²) >= 11 is 0. The van der Waals surface area contributed by atoms with E-state index in [1.54, 1.807) is 4.90 Å². The quantitative estimate of drug-likeness (QED) is 0.612. The molecule has 0 aromatic carbocycles. The normalized spacial score (nSPS) is 29.5. The van der Waals surface area contributed by atoms with Gasteiger partial charge in [-0.15, -0.1) is 0 Å². The summed E-state index contributed by atoms with van der Waals surface area (Å²) in [6.45, 7) is 8.21. The number of rotatable bonds is 0. The Morgan fingerprint density at radius 1 is 1.46 bits per heavy atom. The second-order valence-corrected chi connectivity index (χ2v) is 4.95. The zero-order valence-electron chi connectivity index (χ0n) is 8.87. The Hall–Kier alpha value is -0.570. The molecule has 0 aliphatic carbocycles. The van der Waals surface area contributed by atoms with Crippen LogP contribution in [0.4, 0.5) is 0 Å². The summed E-state index contributed by atoms with van der Waals surface area (Å²) in [5, 5.41) is 9.39. The number of aliphatic hydroxyl groups excluding tert-OH is 1. The minimum atomic E-state index is -0.335. The molecule has 1 aliphatic heterocycles. The Kier molecular flexibility index (Phi) is 2.66. The Balaban J connectivity index is 2.68. The lowest BCUT2D eigenvalue weighted by atomic mass is 9.94. The highest BCUT2D eigenvalue weighted by molar-refractivity contribution is 5.82. The number of likely N-dealkylation sites (tertiary alicyclic amines) is 1. The minimum absolute atomic E-state index is 0.136. The number of hydrogen-bond acceptors (Lipinski definition) is 2.